The van der Waals surface area contributed by atoms with Crippen molar-refractivity contribution in [2.45, 2.75) is 17.7 Å². The van der Waals surface area contributed by atoms with Crippen LogP contribution in [0.4, 0.5) is 0 Å². The van der Waals surface area contributed by atoms with E-state index in [2.05, 4.69) is 14.8 Å². The molecule has 1 amide bonds. The summed E-state index contributed by atoms with van der Waals surface area (Å²) in [5.74, 6) is -0.642. The first-order chi connectivity index (χ1) is 9.95. The van der Waals surface area contributed by atoms with Gasteiger partial charge in [-0.15, -0.1) is 11.3 Å². The molecule has 1 saturated carbocycles. The van der Waals surface area contributed by atoms with Crippen molar-refractivity contribution in [1.29, 1.82) is 0 Å². The van der Waals surface area contributed by atoms with Crippen molar-refractivity contribution < 1.29 is 22.7 Å². The van der Waals surface area contributed by atoms with E-state index in [1.165, 1.54) is 18.6 Å². The van der Waals surface area contributed by atoms with E-state index < -0.39 is 16.0 Å². The van der Waals surface area contributed by atoms with Gasteiger partial charge >= 0.3 is 5.97 Å². The molecule has 0 spiro atoms. The summed E-state index contributed by atoms with van der Waals surface area (Å²) in [5.41, 5.74) is 0. The van der Waals surface area contributed by atoms with Crippen LogP contribution in [0.3, 0.4) is 0 Å². The number of methoxy groups -OCH3 is 1. The lowest BCUT2D eigenvalue weighted by Crippen LogP contribution is -2.35. The van der Waals surface area contributed by atoms with Crippen LogP contribution >= 0.6 is 11.3 Å². The summed E-state index contributed by atoms with van der Waals surface area (Å²) in [7, 11) is -2.60. The second-order valence-corrected chi connectivity index (χ2v) is 7.22. The molecular weight excluding hydrogens is 316 g/mol. The van der Waals surface area contributed by atoms with Gasteiger partial charge in [0.05, 0.1) is 7.11 Å². The van der Waals surface area contributed by atoms with Gasteiger partial charge in [0, 0.05) is 19.0 Å². The monoisotopic (exact) mass is 332 g/mol. The molecule has 9 heteroatoms. The molecule has 0 unspecified atom stereocenters. The van der Waals surface area contributed by atoms with E-state index in [0.717, 1.165) is 24.2 Å². The minimum atomic E-state index is -3.80. The summed E-state index contributed by atoms with van der Waals surface area (Å²) < 4.78 is 31.1. The Labute approximate surface area is 126 Å². The van der Waals surface area contributed by atoms with Gasteiger partial charge in [-0.3, -0.25) is 4.79 Å². The molecule has 2 rings (SSSR count). The standard InChI is InChI=1S/C12H16N2O5S2/c1-19-12(16)10-9(4-7-20-10)21(17,18)14-6-5-13-11(15)8-2-3-8/h4,7-8,14H,2-3,5-6H2,1H3,(H,13,15). The summed E-state index contributed by atoms with van der Waals surface area (Å²) in [6.07, 6.45) is 1.80. The average molecular weight is 332 g/mol. The van der Waals surface area contributed by atoms with Crippen molar-refractivity contribution in [2.75, 3.05) is 20.2 Å². The van der Waals surface area contributed by atoms with Crippen LogP contribution in [0.2, 0.25) is 0 Å². The normalized spacial score (nSPS) is 14.7. The van der Waals surface area contributed by atoms with Crippen LogP contribution in [0.5, 0.6) is 0 Å². The summed E-state index contributed by atoms with van der Waals surface area (Å²) in [6.45, 7) is 0.281. The lowest BCUT2D eigenvalue weighted by Gasteiger charge is -2.08. The van der Waals surface area contributed by atoms with E-state index in [1.54, 1.807) is 0 Å². The van der Waals surface area contributed by atoms with Crippen LogP contribution in [0.25, 0.3) is 0 Å². The SMILES string of the molecule is COC(=O)c1sccc1S(=O)(=O)NCCNC(=O)C1CC1. The lowest BCUT2D eigenvalue weighted by molar-refractivity contribution is -0.122. The Hall–Kier alpha value is -1.45. The highest BCUT2D eigenvalue weighted by Crippen LogP contribution is 2.28. The quantitative estimate of drug-likeness (QED) is 0.554. The Bertz CT molecular complexity index is 634. The number of carbonyl (C=O) groups excluding carboxylic acids is 2. The maximum Gasteiger partial charge on any atom is 0.349 e. The molecule has 0 atom stereocenters. The Kier molecular flexibility index (Phi) is 4.96. The molecule has 2 N–H and O–H groups in total. The van der Waals surface area contributed by atoms with Gasteiger partial charge in [0.25, 0.3) is 0 Å². The topological polar surface area (TPSA) is 102 Å². The molecule has 1 fully saturated rings. The number of sulfonamides is 1. The van der Waals surface area contributed by atoms with Gasteiger partial charge in [-0.1, -0.05) is 0 Å². The summed E-state index contributed by atoms with van der Waals surface area (Å²) in [4.78, 5) is 22.8. The third-order valence-corrected chi connectivity index (χ3v) is 5.48. The first kappa shape index (κ1) is 15.9. The predicted octanol–water partition coefficient (Wildman–Crippen LogP) is 0.339. The van der Waals surface area contributed by atoms with Crippen LogP contribution < -0.4 is 10.0 Å². The Morgan fingerprint density at radius 1 is 1.38 bits per heavy atom. The van der Waals surface area contributed by atoms with Gasteiger partial charge in [-0.25, -0.2) is 17.9 Å². The highest BCUT2D eigenvalue weighted by molar-refractivity contribution is 7.89. The zero-order valence-electron chi connectivity index (χ0n) is 11.4. The van der Waals surface area contributed by atoms with Crippen molar-refractivity contribution in [3.63, 3.8) is 0 Å². The summed E-state index contributed by atoms with van der Waals surface area (Å²) >= 11 is 1.00. The molecule has 0 aromatic carbocycles. The molecule has 0 saturated heterocycles. The third-order valence-electron chi connectivity index (χ3n) is 2.95. The first-order valence-electron chi connectivity index (χ1n) is 6.39. The van der Waals surface area contributed by atoms with Gasteiger partial charge in [0.15, 0.2) is 0 Å². The molecule has 1 heterocycles. The summed E-state index contributed by atoms with van der Waals surface area (Å²) in [5, 5.41) is 4.17. The minimum absolute atomic E-state index is 0.0343. The number of rotatable bonds is 7. The van der Waals surface area contributed by atoms with Gasteiger partial charge in [-0.05, 0) is 24.3 Å². The Balaban J connectivity index is 1.90. The number of nitrogens with one attached hydrogen (secondary N) is 2. The van der Waals surface area contributed by atoms with Gasteiger partial charge < -0.3 is 10.1 Å². The van der Waals surface area contributed by atoms with E-state index >= 15 is 0 Å². The molecule has 0 radical (unpaired) electrons. The van der Waals surface area contributed by atoms with Crippen molar-refractivity contribution >= 4 is 33.2 Å². The fourth-order valence-electron chi connectivity index (χ4n) is 1.69. The molecule has 7 nitrogen and oxygen atoms in total. The van der Waals surface area contributed by atoms with E-state index in [9.17, 15) is 18.0 Å². The van der Waals surface area contributed by atoms with Gasteiger partial charge in [-0.2, -0.15) is 0 Å². The number of hydrogen-bond acceptors (Lipinski definition) is 6. The molecule has 1 aliphatic rings. The molecule has 1 aromatic heterocycles. The molecular formula is C12H16N2O5S2. The fraction of sp³-hybridized carbons (Fsp3) is 0.500. The molecule has 116 valence electrons. The second-order valence-electron chi connectivity index (χ2n) is 4.57. The smallest absolute Gasteiger partial charge is 0.349 e. The largest absolute Gasteiger partial charge is 0.465 e. The first-order valence-corrected chi connectivity index (χ1v) is 8.75. The van der Waals surface area contributed by atoms with E-state index in [-0.39, 0.29) is 34.7 Å². The zero-order valence-corrected chi connectivity index (χ0v) is 13.1. The second kappa shape index (κ2) is 6.54. The maximum absolute atomic E-state index is 12.1. The van der Waals surface area contributed by atoms with Crippen LogP contribution in [-0.4, -0.2) is 40.5 Å². The number of ether oxygens (including phenoxy) is 1. The van der Waals surface area contributed by atoms with Crippen LogP contribution in [0.1, 0.15) is 22.5 Å². The molecule has 0 bridgehead atoms. The highest BCUT2D eigenvalue weighted by atomic mass is 32.2. The molecule has 0 aliphatic heterocycles. The Morgan fingerprint density at radius 2 is 2.10 bits per heavy atom. The van der Waals surface area contributed by atoms with Crippen LogP contribution in [-0.2, 0) is 19.6 Å². The molecule has 1 aromatic rings. The van der Waals surface area contributed by atoms with Crippen molar-refractivity contribution in [3.8, 4) is 0 Å². The average Bonchev–Trinajstić information content (AvgIpc) is 3.18. The van der Waals surface area contributed by atoms with E-state index in [0.29, 0.717) is 0 Å². The number of amides is 1. The minimum Gasteiger partial charge on any atom is -0.465 e. The summed E-state index contributed by atoms with van der Waals surface area (Å²) in [6, 6.07) is 1.35. The lowest BCUT2D eigenvalue weighted by atomic mass is 10.4. The molecule has 1 aliphatic carbocycles. The fourth-order valence-corrected chi connectivity index (χ4v) is 4.05. The van der Waals surface area contributed by atoms with E-state index in [4.69, 9.17) is 0 Å². The maximum atomic E-state index is 12.1. The van der Waals surface area contributed by atoms with Crippen LogP contribution in [0.15, 0.2) is 16.3 Å². The number of thiophene rings is 1. The van der Waals surface area contributed by atoms with Crippen LogP contribution in [0, 0.1) is 5.92 Å². The zero-order chi connectivity index (χ0) is 15.5. The third kappa shape index (κ3) is 4.02. The highest BCUT2D eigenvalue weighted by Gasteiger charge is 2.29. The van der Waals surface area contributed by atoms with Crippen molar-refractivity contribution in [2.24, 2.45) is 5.92 Å². The van der Waals surface area contributed by atoms with Gasteiger partial charge in [0.1, 0.15) is 9.77 Å². The van der Waals surface area contributed by atoms with Crippen molar-refractivity contribution in [3.05, 3.63) is 16.3 Å². The molecule has 21 heavy (non-hydrogen) atoms. The van der Waals surface area contributed by atoms with E-state index in [1.807, 2.05) is 0 Å². The Morgan fingerprint density at radius 3 is 2.71 bits per heavy atom. The van der Waals surface area contributed by atoms with Gasteiger partial charge in [0.2, 0.25) is 15.9 Å². The number of carbonyl (C=O) groups is 2. The number of esters is 1. The van der Waals surface area contributed by atoms with Crippen molar-refractivity contribution in [1.82, 2.24) is 10.0 Å². The predicted molar refractivity (Wildman–Crippen MR) is 76.6 cm³/mol. The number of hydrogen-bond donors (Lipinski definition) is 2.